The van der Waals surface area contributed by atoms with Crippen LogP contribution in [0.2, 0.25) is 0 Å². The molecule has 0 unspecified atom stereocenters. The molecule has 1 aromatic heterocycles. The van der Waals surface area contributed by atoms with Crippen LogP contribution in [0.4, 0.5) is 0 Å². The lowest BCUT2D eigenvalue weighted by molar-refractivity contribution is -0.158. The first-order valence-electron chi connectivity index (χ1n) is 8.37. The quantitative estimate of drug-likeness (QED) is 0.610. The fourth-order valence-corrected chi connectivity index (χ4v) is 2.72. The normalized spacial score (nSPS) is 15.3. The number of hydrogen-bond acceptors (Lipinski definition) is 6. The molecule has 0 bridgehead atoms. The number of ether oxygens (including phenoxy) is 1. The Balaban J connectivity index is 1.60. The number of benzene rings is 1. The molecule has 0 aliphatic carbocycles. The van der Waals surface area contributed by atoms with Gasteiger partial charge in [0.25, 0.3) is 17.7 Å². The zero-order chi connectivity index (χ0) is 19.6. The summed E-state index contributed by atoms with van der Waals surface area (Å²) >= 11 is 0. The Labute approximate surface area is 155 Å². The smallest absolute Gasteiger partial charge is 0.329 e. The van der Waals surface area contributed by atoms with Crippen LogP contribution in [-0.4, -0.2) is 40.7 Å². The van der Waals surface area contributed by atoms with Crippen LogP contribution in [0, 0.1) is 0 Å². The number of amides is 3. The number of carbonyl (C=O) groups excluding carboxylic acids is 4. The van der Waals surface area contributed by atoms with Crippen molar-refractivity contribution in [3.05, 3.63) is 59.5 Å². The van der Waals surface area contributed by atoms with Gasteiger partial charge < -0.3 is 14.5 Å². The Kier molecular flexibility index (Phi) is 5.07. The molecule has 27 heavy (non-hydrogen) atoms. The molecular formula is C19H18N2O6. The van der Waals surface area contributed by atoms with Crippen LogP contribution in [0.1, 0.15) is 40.3 Å². The molecule has 1 N–H and O–H groups in total. The number of fused-ring (bicyclic) bond motifs is 1. The summed E-state index contributed by atoms with van der Waals surface area (Å²) in [5.74, 6) is -1.93. The molecule has 140 valence electrons. The molecule has 2 atom stereocenters. The van der Waals surface area contributed by atoms with E-state index in [0.29, 0.717) is 5.76 Å². The standard InChI is InChI=1S/C19H18N2O6/c1-11(21-17(23)14-7-3-4-8-15(14)18(21)24)19(25)27-12(2)16(22)20-10-13-6-5-9-26-13/h3-9,11-12H,10H2,1-2H3,(H,20,22)/t11-,12-/m0/s1. The number of nitrogens with zero attached hydrogens (tertiary/aromatic N) is 1. The Hall–Kier alpha value is -3.42. The molecule has 2 aromatic rings. The Bertz CT molecular complexity index is 854. The Morgan fingerprint density at radius 2 is 1.70 bits per heavy atom. The fraction of sp³-hybridized carbons (Fsp3) is 0.263. The molecular weight excluding hydrogens is 352 g/mol. The van der Waals surface area contributed by atoms with Gasteiger partial charge >= 0.3 is 5.97 Å². The Morgan fingerprint density at radius 1 is 1.07 bits per heavy atom. The molecule has 0 saturated carbocycles. The molecule has 3 amide bonds. The predicted molar refractivity (Wildman–Crippen MR) is 92.5 cm³/mol. The molecule has 2 heterocycles. The van der Waals surface area contributed by atoms with Crippen molar-refractivity contribution in [3.8, 4) is 0 Å². The van der Waals surface area contributed by atoms with Crippen LogP contribution in [0.25, 0.3) is 0 Å². The fourth-order valence-electron chi connectivity index (χ4n) is 2.72. The van der Waals surface area contributed by atoms with E-state index in [1.165, 1.54) is 32.2 Å². The first-order valence-corrected chi connectivity index (χ1v) is 8.37. The third-order valence-electron chi connectivity index (χ3n) is 4.23. The largest absolute Gasteiger partial charge is 0.467 e. The van der Waals surface area contributed by atoms with Crippen LogP contribution in [0.15, 0.2) is 47.1 Å². The number of carbonyl (C=O) groups is 4. The predicted octanol–water partition coefficient (Wildman–Crippen LogP) is 1.51. The lowest BCUT2D eigenvalue weighted by atomic mass is 10.1. The minimum absolute atomic E-state index is 0.154. The van der Waals surface area contributed by atoms with E-state index in [0.717, 1.165) is 4.90 Å². The van der Waals surface area contributed by atoms with Crippen LogP contribution in [-0.2, 0) is 20.9 Å². The molecule has 8 nitrogen and oxygen atoms in total. The van der Waals surface area contributed by atoms with E-state index < -0.39 is 35.8 Å². The van der Waals surface area contributed by atoms with E-state index in [4.69, 9.17) is 9.15 Å². The Morgan fingerprint density at radius 3 is 2.26 bits per heavy atom. The summed E-state index contributed by atoms with van der Waals surface area (Å²) in [6.45, 7) is 2.95. The van der Waals surface area contributed by atoms with Gasteiger partial charge in [-0.25, -0.2) is 4.79 Å². The highest BCUT2D eigenvalue weighted by molar-refractivity contribution is 6.22. The van der Waals surface area contributed by atoms with E-state index in [-0.39, 0.29) is 17.7 Å². The summed E-state index contributed by atoms with van der Waals surface area (Å²) in [5.41, 5.74) is 0.484. The van der Waals surface area contributed by atoms with Crippen LogP contribution in [0.5, 0.6) is 0 Å². The maximum Gasteiger partial charge on any atom is 0.329 e. The first-order chi connectivity index (χ1) is 12.9. The van der Waals surface area contributed by atoms with Crippen LogP contribution < -0.4 is 5.32 Å². The van der Waals surface area contributed by atoms with Gasteiger partial charge in [0.05, 0.1) is 23.9 Å². The van der Waals surface area contributed by atoms with Crippen molar-refractivity contribution in [1.82, 2.24) is 10.2 Å². The van der Waals surface area contributed by atoms with Gasteiger partial charge in [-0.05, 0) is 38.1 Å². The van der Waals surface area contributed by atoms with Gasteiger partial charge in [0.15, 0.2) is 6.10 Å². The average molecular weight is 370 g/mol. The third kappa shape index (κ3) is 3.59. The van der Waals surface area contributed by atoms with Crippen molar-refractivity contribution in [3.63, 3.8) is 0 Å². The monoisotopic (exact) mass is 370 g/mol. The highest BCUT2D eigenvalue weighted by Crippen LogP contribution is 2.24. The van der Waals surface area contributed by atoms with Gasteiger partial charge in [0.1, 0.15) is 11.8 Å². The molecule has 1 aliphatic heterocycles. The van der Waals surface area contributed by atoms with Gasteiger partial charge in [0.2, 0.25) is 0 Å². The highest BCUT2D eigenvalue weighted by Gasteiger charge is 2.41. The molecule has 1 aromatic carbocycles. The van der Waals surface area contributed by atoms with Gasteiger partial charge in [-0.3, -0.25) is 19.3 Å². The minimum Gasteiger partial charge on any atom is -0.467 e. The van der Waals surface area contributed by atoms with E-state index in [1.54, 1.807) is 24.3 Å². The number of rotatable bonds is 6. The number of imide groups is 1. The van der Waals surface area contributed by atoms with E-state index in [2.05, 4.69) is 5.32 Å². The van der Waals surface area contributed by atoms with Crippen molar-refractivity contribution in [2.45, 2.75) is 32.5 Å². The van der Waals surface area contributed by atoms with E-state index in [9.17, 15) is 19.2 Å². The SMILES string of the molecule is C[C@H](OC(=O)[C@H](C)N1C(=O)c2ccccc2C1=O)C(=O)NCc1ccco1. The molecule has 8 heteroatoms. The molecule has 0 radical (unpaired) electrons. The number of furan rings is 1. The van der Waals surface area contributed by atoms with Crippen LogP contribution in [0.3, 0.4) is 0 Å². The minimum atomic E-state index is -1.15. The lowest BCUT2D eigenvalue weighted by Crippen LogP contribution is -2.46. The van der Waals surface area contributed by atoms with Gasteiger partial charge in [0, 0.05) is 0 Å². The second kappa shape index (κ2) is 7.45. The second-order valence-electron chi connectivity index (χ2n) is 6.08. The average Bonchev–Trinajstić information content (AvgIpc) is 3.26. The summed E-state index contributed by atoms with van der Waals surface area (Å²) in [6.07, 6.45) is 0.388. The molecule has 3 rings (SSSR count). The van der Waals surface area contributed by atoms with Gasteiger partial charge in [-0.15, -0.1) is 0 Å². The van der Waals surface area contributed by atoms with E-state index in [1.807, 2.05) is 0 Å². The first kappa shape index (κ1) is 18.4. The van der Waals surface area contributed by atoms with Gasteiger partial charge in [-0.1, -0.05) is 12.1 Å². The number of hydrogen-bond donors (Lipinski definition) is 1. The van der Waals surface area contributed by atoms with Gasteiger partial charge in [-0.2, -0.15) is 0 Å². The van der Waals surface area contributed by atoms with Crippen molar-refractivity contribution in [2.24, 2.45) is 0 Å². The summed E-state index contributed by atoms with van der Waals surface area (Å²) in [5, 5.41) is 2.57. The second-order valence-corrected chi connectivity index (χ2v) is 6.08. The lowest BCUT2D eigenvalue weighted by Gasteiger charge is -2.22. The summed E-state index contributed by atoms with van der Waals surface area (Å²) in [6, 6.07) is 8.56. The summed E-state index contributed by atoms with van der Waals surface area (Å²) in [4.78, 5) is 50.1. The summed E-state index contributed by atoms with van der Waals surface area (Å²) in [7, 11) is 0. The van der Waals surface area contributed by atoms with E-state index >= 15 is 0 Å². The molecule has 0 saturated heterocycles. The maximum absolute atomic E-state index is 12.4. The maximum atomic E-state index is 12.4. The van der Waals surface area contributed by atoms with Crippen LogP contribution >= 0.6 is 0 Å². The van der Waals surface area contributed by atoms with Crippen molar-refractivity contribution < 1.29 is 28.3 Å². The third-order valence-corrected chi connectivity index (χ3v) is 4.23. The van der Waals surface area contributed by atoms with Crippen molar-refractivity contribution in [2.75, 3.05) is 0 Å². The van der Waals surface area contributed by atoms with Crippen molar-refractivity contribution >= 4 is 23.7 Å². The summed E-state index contributed by atoms with van der Waals surface area (Å²) < 4.78 is 10.2. The number of esters is 1. The topological polar surface area (TPSA) is 106 Å². The molecule has 1 aliphatic rings. The number of nitrogens with one attached hydrogen (secondary N) is 1. The molecule has 0 spiro atoms. The zero-order valence-electron chi connectivity index (χ0n) is 14.8. The van der Waals surface area contributed by atoms with Crippen molar-refractivity contribution in [1.29, 1.82) is 0 Å². The highest BCUT2D eigenvalue weighted by atomic mass is 16.5. The zero-order valence-corrected chi connectivity index (χ0v) is 14.8. The molecule has 0 fully saturated rings.